The Hall–Kier alpha value is -1.46. The number of carbonyl (C=O) groups is 2. The first-order valence-corrected chi connectivity index (χ1v) is 8.96. The standard InChI is InChI=1S/C17H24O10/c1-8-23-12-11-10(26-16(2,3)27-11)9(25-13(12)24-8)5-20-14(18)17(4)6-21-15(19)22-7-17/h8-13H,5-7H2,1-4H3. The molecular weight excluding hydrogens is 364 g/mol. The summed E-state index contributed by atoms with van der Waals surface area (Å²) in [5.74, 6) is -1.37. The van der Waals surface area contributed by atoms with E-state index < -0.39 is 60.3 Å². The molecule has 4 aliphatic heterocycles. The van der Waals surface area contributed by atoms with Crippen LogP contribution in [0.15, 0.2) is 0 Å². The van der Waals surface area contributed by atoms with Crippen LogP contribution < -0.4 is 0 Å². The van der Waals surface area contributed by atoms with Crippen LogP contribution in [-0.4, -0.2) is 74.7 Å². The van der Waals surface area contributed by atoms with Crippen molar-refractivity contribution in [2.24, 2.45) is 5.41 Å². The van der Waals surface area contributed by atoms with Crippen LogP contribution in [0.1, 0.15) is 27.7 Å². The Morgan fingerprint density at radius 1 is 1.04 bits per heavy atom. The molecule has 4 fully saturated rings. The van der Waals surface area contributed by atoms with Crippen molar-refractivity contribution >= 4 is 12.1 Å². The lowest BCUT2D eigenvalue weighted by atomic mass is 9.92. The third-order valence-electron chi connectivity index (χ3n) is 4.99. The maximum Gasteiger partial charge on any atom is 0.508 e. The minimum absolute atomic E-state index is 0.0655. The minimum atomic E-state index is -1.07. The maximum atomic E-state index is 12.5. The second-order valence-corrected chi connectivity index (χ2v) is 7.90. The zero-order chi connectivity index (χ0) is 19.4. The summed E-state index contributed by atoms with van der Waals surface area (Å²) in [6, 6.07) is 0. The molecule has 6 atom stereocenters. The highest BCUT2D eigenvalue weighted by molar-refractivity contribution is 5.78. The van der Waals surface area contributed by atoms with Crippen molar-refractivity contribution in [3.63, 3.8) is 0 Å². The molecule has 10 heteroatoms. The molecule has 4 aliphatic rings. The Kier molecular flexibility index (Phi) is 4.59. The molecule has 4 rings (SSSR count). The smallest absolute Gasteiger partial charge is 0.462 e. The highest BCUT2D eigenvalue weighted by Gasteiger charge is 2.59. The summed E-state index contributed by atoms with van der Waals surface area (Å²) in [4.78, 5) is 23.5. The topological polar surface area (TPSA) is 108 Å². The molecule has 27 heavy (non-hydrogen) atoms. The predicted octanol–water partition coefficient (Wildman–Crippen LogP) is 0.709. The lowest BCUT2D eigenvalue weighted by molar-refractivity contribution is -0.235. The lowest BCUT2D eigenvalue weighted by Gasteiger charge is -2.37. The highest BCUT2D eigenvalue weighted by Crippen LogP contribution is 2.42. The van der Waals surface area contributed by atoms with Gasteiger partial charge in [0, 0.05) is 0 Å². The number of cyclic esters (lactones) is 2. The average Bonchev–Trinajstić information content (AvgIpc) is 3.13. The average molecular weight is 388 g/mol. The molecule has 0 spiro atoms. The summed E-state index contributed by atoms with van der Waals surface area (Å²) in [5.41, 5.74) is -1.07. The van der Waals surface area contributed by atoms with E-state index in [9.17, 15) is 9.59 Å². The number of rotatable bonds is 3. The van der Waals surface area contributed by atoms with Crippen molar-refractivity contribution in [3.8, 4) is 0 Å². The third kappa shape index (κ3) is 3.52. The molecule has 0 radical (unpaired) electrons. The molecule has 0 N–H and O–H groups in total. The van der Waals surface area contributed by atoms with E-state index in [0.29, 0.717) is 0 Å². The van der Waals surface area contributed by atoms with Crippen molar-refractivity contribution < 1.29 is 47.5 Å². The van der Waals surface area contributed by atoms with Gasteiger partial charge in [-0.05, 0) is 27.7 Å². The van der Waals surface area contributed by atoms with E-state index in [2.05, 4.69) is 0 Å². The number of hydrogen-bond acceptors (Lipinski definition) is 10. The van der Waals surface area contributed by atoms with Gasteiger partial charge < -0.3 is 37.9 Å². The van der Waals surface area contributed by atoms with Crippen LogP contribution in [0.3, 0.4) is 0 Å². The lowest BCUT2D eigenvalue weighted by Crippen LogP contribution is -2.56. The number of esters is 1. The van der Waals surface area contributed by atoms with E-state index in [4.69, 9.17) is 37.9 Å². The minimum Gasteiger partial charge on any atom is -0.462 e. The number of carbonyl (C=O) groups excluding carboxylic acids is 2. The van der Waals surface area contributed by atoms with Crippen LogP contribution in [0.2, 0.25) is 0 Å². The summed E-state index contributed by atoms with van der Waals surface area (Å²) in [7, 11) is 0. The molecule has 0 aromatic heterocycles. The quantitative estimate of drug-likeness (QED) is 0.641. The van der Waals surface area contributed by atoms with Gasteiger partial charge in [0.2, 0.25) is 0 Å². The Morgan fingerprint density at radius 2 is 1.70 bits per heavy atom. The number of fused-ring (bicyclic) bond motifs is 3. The third-order valence-corrected chi connectivity index (χ3v) is 4.99. The van der Waals surface area contributed by atoms with Gasteiger partial charge in [-0.1, -0.05) is 0 Å². The van der Waals surface area contributed by atoms with Crippen LogP contribution in [0.25, 0.3) is 0 Å². The zero-order valence-corrected chi connectivity index (χ0v) is 15.7. The molecule has 152 valence electrons. The molecule has 0 amide bonds. The predicted molar refractivity (Wildman–Crippen MR) is 84.3 cm³/mol. The van der Waals surface area contributed by atoms with E-state index in [1.165, 1.54) is 0 Å². The van der Waals surface area contributed by atoms with Gasteiger partial charge in [0.25, 0.3) is 0 Å². The van der Waals surface area contributed by atoms with Gasteiger partial charge in [-0.2, -0.15) is 0 Å². The monoisotopic (exact) mass is 388 g/mol. The first kappa shape index (κ1) is 18.9. The summed E-state index contributed by atoms with van der Waals surface area (Å²) in [6.45, 7) is 6.72. The molecule has 0 aromatic carbocycles. The van der Waals surface area contributed by atoms with E-state index in [1.807, 2.05) is 0 Å². The summed E-state index contributed by atoms with van der Waals surface area (Å²) in [6.07, 6.45) is -3.73. The van der Waals surface area contributed by atoms with Crippen molar-refractivity contribution in [2.75, 3.05) is 19.8 Å². The van der Waals surface area contributed by atoms with Gasteiger partial charge >= 0.3 is 12.1 Å². The molecule has 0 aromatic rings. The Labute approximate surface area is 156 Å². The van der Waals surface area contributed by atoms with Crippen LogP contribution in [0.4, 0.5) is 4.79 Å². The first-order chi connectivity index (χ1) is 12.7. The van der Waals surface area contributed by atoms with Gasteiger partial charge in [-0.25, -0.2) is 4.79 Å². The van der Waals surface area contributed by atoms with Gasteiger partial charge in [-0.3, -0.25) is 4.79 Å². The highest BCUT2D eigenvalue weighted by atomic mass is 16.8. The second kappa shape index (κ2) is 6.56. The molecule has 4 heterocycles. The molecule has 0 aliphatic carbocycles. The molecule has 4 saturated heterocycles. The molecule has 10 nitrogen and oxygen atoms in total. The van der Waals surface area contributed by atoms with Crippen molar-refractivity contribution in [3.05, 3.63) is 0 Å². The van der Waals surface area contributed by atoms with E-state index in [1.54, 1.807) is 27.7 Å². The Morgan fingerprint density at radius 3 is 2.41 bits per heavy atom. The zero-order valence-electron chi connectivity index (χ0n) is 15.7. The fourth-order valence-electron chi connectivity index (χ4n) is 3.64. The number of hydrogen-bond donors (Lipinski definition) is 0. The van der Waals surface area contributed by atoms with Gasteiger partial charge in [0.15, 0.2) is 18.4 Å². The molecule has 0 saturated carbocycles. The van der Waals surface area contributed by atoms with Crippen molar-refractivity contribution in [2.45, 2.75) is 70.5 Å². The van der Waals surface area contributed by atoms with Crippen molar-refractivity contribution in [1.29, 1.82) is 0 Å². The number of ether oxygens (including phenoxy) is 8. The van der Waals surface area contributed by atoms with Crippen LogP contribution >= 0.6 is 0 Å². The molecule has 0 bridgehead atoms. The fourth-order valence-corrected chi connectivity index (χ4v) is 3.64. The van der Waals surface area contributed by atoms with Crippen LogP contribution in [0, 0.1) is 5.41 Å². The van der Waals surface area contributed by atoms with Crippen LogP contribution in [-0.2, 0) is 42.7 Å². The Bertz CT molecular complexity index is 609. The van der Waals surface area contributed by atoms with Crippen molar-refractivity contribution in [1.82, 2.24) is 0 Å². The normalized spacial score (nSPS) is 41.9. The van der Waals surface area contributed by atoms with Crippen LogP contribution in [0.5, 0.6) is 0 Å². The summed E-state index contributed by atoms with van der Waals surface area (Å²) in [5, 5.41) is 0. The summed E-state index contributed by atoms with van der Waals surface area (Å²) >= 11 is 0. The van der Waals surface area contributed by atoms with E-state index in [-0.39, 0.29) is 19.8 Å². The fraction of sp³-hybridized carbons (Fsp3) is 0.882. The largest absolute Gasteiger partial charge is 0.508 e. The maximum absolute atomic E-state index is 12.5. The molecule has 6 unspecified atom stereocenters. The van der Waals surface area contributed by atoms with Gasteiger partial charge in [0.1, 0.15) is 49.7 Å². The summed E-state index contributed by atoms with van der Waals surface area (Å²) < 4.78 is 44.3. The Balaban J connectivity index is 1.42. The first-order valence-electron chi connectivity index (χ1n) is 8.96. The van der Waals surface area contributed by atoms with E-state index >= 15 is 0 Å². The van der Waals surface area contributed by atoms with Gasteiger partial charge in [0.05, 0.1) is 0 Å². The second-order valence-electron chi connectivity index (χ2n) is 7.90. The van der Waals surface area contributed by atoms with E-state index in [0.717, 1.165) is 0 Å². The van der Waals surface area contributed by atoms with Gasteiger partial charge in [-0.15, -0.1) is 0 Å². The molecular formula is C17H24O10. The SMILES string of the molecule is CC1OC2OC(COC(=O)C3(C)COC(=O)OC3)C3OC(C)(C)OC3C2O1.